The maximum absolute atomic E-state index is 12.4. The van der Waals surface area contributed by atoms with Gasteiger partial charge in [0, 0.05) is 6.42 Å². The lowest BCUT2D eigenvalue weighted by Gasteiger charge is -2.23. The summed E-state index contributed by atoms with van der Waals surface area (Å²) in [6.07, 6.45) is 0.712. The fourth-order valence-corrected chi connectivity index (χ4v) is 2.66. The molecule has 0 aliphatic carbocycles. The normalized spacial score (nSPS) is 15.6. The molecule has 10 heteroatoms. The Morgan fingerprint density at radius 2 is 1.39 bits per heavy atom. The fraction of sp³-hybridized carbons (Fsp3) is 0.524. The quantitative estimate of drug-likeness (QED) is 0.281. The van der Waals surface area contributed by atoms with Gasteiger partial charge in [-0.05, 0) is 37.5 Å². The zero-order valence-electron chi connectivity index (χ0n) is 18.2. The fourth-order valence-electron chi connectivity index (χ4n) is 2.66. The van der Waals surface area contributed by atoms with E-state index in [0.717, 1.165) is 0 Å². The summed E-state index contributed by atoms with van der Waals surface area (Å²) < 4.78 is 0. The predicted molar refractivity (Wildman–Crippen MR) is 114 cm³/mol. The smallest absolute Gasteiger partial charge is 0.326 e. The van der Waals surface area contributed by atoms with Crippen LogP contribution in [0.4, 0.5) is 0 Å². The van der Waals surface area contributed by atoms with Crippen LogP contribution in [-0.2, 0) is 25.6 Å². The largest absolute Gasteiger partial charge is 0.508 e. The first kappa shape index (κ1) is 25.9. The highest BCUT2D eigenvalue weighted by Gasteiger charge is 2.27. The lowest BCUT2D eigenvalue weighted by atomic mass is 9.99. The number of carbonyl (C=O) groups excluding carboxylic acids is 3. The molecule has 5 unspecified atom stereocenters. The van der Waals surface area contributed by atoms with Crippen LogP contribution in [0.3, 0.4) is 0 Å². The highest BCUT2D eigenvalue weighted by atomic mass is 16.4. The van der Waals surface area contributed by atoms with E-state index in [1.807, 2.05) is 13.8 Å². The molecular weight excluding hydrogens is 404 g/mol. The highest BCUT2D eigenvalue weighted by molar-refractivity contribution is 5.93. The predicted octanol–water partition coefficient (Wildman–Crippen LogP) is -0.113. The lowest BCUT2D eigenvalue weighted by Crippen LogP contribution is -2.56. The maximum Gasteiger partial charge on any atom is 0.326 e. The average Bonchev–Trinajstić information content (AvgIpc) is 2.72. The van der Waals surface area contributed by atoms with Crippen molar-refractivity contribution in [1.82, 2.24) is 16.0 Å². The molecule has 0 fully saturated rings. The minimum Gasteiger partial charge on any atom is -0.508 e. The SMILES string of the molecule is CCC(C)C(N)C(=O)NC(C)C(=O)NC(C)C(=O)NC(Cc1ccc(O)cc1)C(=O)O. The standard InChI is InChI=1S/C21H32N4O6/c1-5-11(2)17(22)20(29)24-12(3)18(27)23-13(4)19(28)25-16(21(30)31)10-14-6-8-15(26)9-7-14/h6-9,11-13,16-17,26H,5,10,22H2,1-4H3,(H,23,27)(H,24,29)(H,25,28)(H,30,31). The van der Waals surface area contributed by atoms with Crippen LogP contribution in [0.25, 0.3) is 0 Å². The Kier molecular flexibility index (Phi) is 9.94. The van der Waals surface area contributed by atoms with Crippen molar-refractivity contribution < 1.29 is 29.4 Å². The molecule has 1 aromatic carbocycles. The van der Waals surface area contributed by atoms with Crippen LogP contribution in [0.15, 0.2) is 24.3 Å². The monoisotopic (exact) mass is 436 g/mol. The number of aliphatic carboxylic acids is 1. The molecule has 5 atom stereocenters. The second-order valence-electron chi connectivity index (χ2n) is 7.64. The third-order valence-corrected chi connectivity index (χ3v) is 5.05. The Morgan fingerprint density at radius 3 is 1.87 bits per heavy atom. The molecule has 10 nitrogen and oxygen atoms in total. The minimum atomic E-state index is -1.24. The number of amides is 3. The number of carbonyl (C=O) groups is 4. The van der Waals surface area contributed by atoms with Crippen LogP contribution in [0.2, 0.25) is 0 Å². The van der Waals surface area contributed by atoms with Crippen LogP contribution in [0, 0.1) is 5.92 Å². The molecule has 0 aromatic heterocycles. The Morgan fingerprint density at radius 1 is 0.903 bits per heavy atom. The van der Waals surface area contributed by atoms with Crippen LogP contribution in [0.5, 0.6) is 5.75 Å². The van der Waals surface area contributed by atoms with E-state index in [1.165, 1.54) is 26.0 Å². The van der Waals surface area contributed by atoms with Crippen molar-refractivity contribution >= 4 is 23.7 Å². The van der Waals surface area contributed by atoms with Crippen LogP contribution in [-0.4, -0.2) is 58.1 Å². The molecule has 1 aromatic rings. The molecule has 3 amide bonds. The molecule has 0 radical (unpaired) electrons. The summed E-state index contributed by atoms with van der Waals surface area (Å²) in [5, 5.41) is 26.1. The van der Waals surface area contributed by atoms with Gasteiger partial charge in [0.25, 0.3) is 0 Å². The van der Waals surface area contributed by atoms with Crippen LogP contribution < -0.4 is 21.7 Å². The molecule has 0 spiro atoms. The van der Waals surface area contributed by atoms with Crippen molar-refractivity contribution in [1.29, 1.82) is 0 Å². The molecule has 31 heavy (non-hydrogen) atoms. The van der Waals surface area contributed by atoms with Gasteiger partial charge in [-0.2, -0.15) is 0 Å². The van der Waals surface area contributed by atoms with Gasteiger partial charge in [0.15, 0.2) is 0 Å². The van der Waals surface area contributed by atoms with Gasteiger partial charge in [-0.3, -0.25) is 14.4 Å². The van der Waals surface area contributed by atoms with E-state index in [2.05, 4.69) is 16.0 Å². The third-order valence-electron chi connectivity index (χ3n) is 5.05. The number of nitrogens with two attached hydrogens (primary N) is 1. The average molecular weight is 437 g/mol. The van der Waals surface area contributed by atoms with Gasteiger partial charge in [-0.1, -0.05) is 32.4 Å². The summed E-state index contributed by atoms with van der Waals surface area (Å²) in [6.45, 7) is 6.61. The third kappa shape index (κ3) is 8.25. The molecule has 0 saturated carbocycles. The molecular formula is C21H32N4O6. The summed E-state index contributed by atoms with van der Waals surface area (Å²) in [4.78, 5) is 48.3. The summed E-state index contributed by atoms with van der Waals surface area (Å²) in [5.74, 6) is -3.00. The van der Waals surface area contributed by atoms with E-state index in [9.17, 15) is 29.4 Å². The number of benzene rings is 1. The number of rotatable bonds is 11. The van der Waals surface area contributed by atoms with Gasteiger partial charge in [0.1, 0.15) is 23.9 Å². The Labute approximate surface area is 181 Å². The van der Waals surface area contributed by atoms with Gasteiger partial charge < -0.3 is 31.9 Å². The van der Waals surface area contributed by atoms with Gasteiger partial charge in [-0.25, -0.2) is 4.79 Å². The topological polar surface area (TPSA) is 171 Å². The van der Waals surface area contributed by atoms with E-state index in [4.69, 9.17) is 5.73 Å². The molecule has 0 heterocycles. The first-order chi connectivity index (χ1) is 14.5. The summed E-state index contributed by atoms with van der Waals surface area (Å²) in [6, 6.07) is 2.01. The Bertz CT molecular complexity index is 783. The molecule has 1 rings (SSSR count). The summed E-state index contributed by atoms with van der Waals surface area (Å²) in [5.41, 5.74) is 6.45. The second kappa shape index (κ2) is 11.9. The van der Waals surface area contributed by atoms with Crippen molar-refractivity contribution in [3.63, 3.8) is 0 Å². The number of phenolic OH excluding ortho intramolecular Hbond substituents is 1. The molecule has 0 bridgehead atoms. The number of nitrogens with one attached hydrogen (secondary N) is 3. The summed E-state index contributed by atoms with van der Waals surface area (Å²) in [7, 11) is 0. The lowest BCUT2D eigenvalue weighted by molar-refractivity contribution is -0.142. The second-order valence-corrected chi connectivity index (χ2v) is 7.64. The maximum atomic E-state index is 12.4. The molecule has 7 N–H and O–H groups in total. The van der Waals surface area contributed by atoms with E-state index >= 15 is 0 Å². The molecule has 172 valence electrons. The van der Waals surface area contributed by atoms with Crippen LogP contribution >= 0.6 is 0 Å². The highest BCUT2D eigenvalue weighted by Crippen LogP contribution is 2.11. The van der Waals surface area contributed by atoms with Gasteiger partial charge >= 0.3 is 5.97 Å². The van der Waals surface area contributed by atoms with Crippen molar-refractivity contribution in [3.05, 3.63) is 29.8 Å². The van der Waals surface area contributed by atoms with E-state index in [1.54, 1.807) is 12.1 Å². The van der Waals surface area contributed by atoms with Crippen molar-refractivity contribution in [2.24, 2.45) is 11.7 Å². The number of phenols is 1. The molecule has 0 saturated heterocycles. The van der Waals surface area contributed by atoms with Gasteiger partial charge in [-0.15, -0.1) is 0 Å². The number of carboxylic acid groups (broad SMARTS) is 1. The van der Waals surface area contributed by atoms with Crippen molar-refractivity contribution in [2.45, 2.75) is 64.7 Å². The zero-order valence-corrected chi connectivity index (χ0v) is 18.2. The van der Waals surface area contributed by atoms with Crippen molar-refractivity contribution in [2.75, 3.05) is 0 Å². The van der Waals surface area contributed by atoms with Gasteiger partial charge in [0.05, 0.1) is 6.04 Å². The first-order valence-corrected chi connectivity index (χ1v) is 10.1. The Balaban J connectivity index is 2.63. The number of aromatic hydroxyl groups is 1. The zero-order chi connectivity index (χ0) is 23.7. The number of carboxylic acids is 1. The van der Waals surface area contributed by atoms with E-state index in [-0.39, 0.29) is 18.1 Å². The van der Waals surface area contributed by atoms with Crippen molar-refractivity contribution in [3.8, 4) is 5.75 Å². The minimum absolute atomic E-state index is 0.00197. The van der Waals surface area contributed by atoms with Gasteiger partial charge in [0.2, 0.25) is 17.7 Å². The number of hydrogen-bond acceptors (Lipinski definition) is 6. The van der Waals surface area contributed by atoms with Crippen LogP contribution in [0.1, 0.15) is 39.7 Å². The summed E-state index contributed by atoms with van der Waals surface area (Å²) >= 11 is 0. The molecule has 0 aliphatic rings. The van der Waals surface area contributed by atoms with E-state index in [0.29, 0.717) is 12.0 Å². The Hall–Kier alpha value is -3.14. The molecule has 0 aliphatic heterocycles. The first-order valence-electron chi connectivity index (χ1n) is 10.1. The van der Waals surface area contributed by atoms with E-state index < -0.39 is 47.9 Å². The number of hydrogen-bond donors (Lipinski definition) is 6.